The van der Waals surface area contributed by atoms with Crippen molar-refractivity contribution in [3.63, 3.8) is 0 Å². The Bertz CT molecular complexity index is 1680. The molecule has 0 amide bonds. The zero-order valence-corrected chi connectivity index (χ0v) is 33.2. The molecule has 5 saturated heterocycles. The van der Waals surface area contributed by atoms with Gasteiger partial charge in [-0.25, -0.2) is 4.79 Å². The molecule has 11 heteroatoms. The molecule has 0 radical (unpaired) electrons. The van der Waals surface area contributed by atoms with E-state index in [2.05, 4.69) is 51.4 Å². The third-order valence-corrected chi connectivity index (χ3v) is 13.1. The van der Waals surface area contributed by atoms with Gasteiger partial charge >= 0.3 is 5.69 Å². The largest absolute Gasteiger partial charge is 0.390 e. The van der Waals surface area contributed by atoms with E-state index < -0.39 is 40.3 Å². The third-order valence-electron chi connectivity index (χ3n) is 13.1. The van der Waals surface area contributed by atoms with Crippen molar-refractivity contribution in [2.24, 2.45) is 5.92 Å². The monoisotopic (exact) mass is 752 g/mol. The first-order chi connectivity index (χ1) is 25.6. The zero-order chi connectivity index (χ0) is 38.8. The zero-order valence-electron chi connectivity index (χ0n) is 33.2. The Morgan fingerprint density at radius 2 is 1.65 bits per heavy atom. The van der Waals surface area contributed by atoms with Gasteiger partial charge < -0.3 is 33.9 Å². The van der Waals surface area contributed by atoms with E-state index in [1.807, 2.05) is 26.0 Å². The number of nitrogens with one attached hydrogen (secondary N) is 1. The lowest BCUT2D eigenvalue weighted by atomic mass is 9.79. The van der Waals surface area contributed by atoms with Gasteiger partial charge in [0.1, 0.15) is 6.10 Å². The molecule has 5 aliphatic rings. The van der Waals surface area contributed by atoms with Gasteiger partial charge in [-0.1, -0.05) is 55.0 Å². The van der Waals surface area contributed by atoms with Crippen LogP contribution in [0.25, 0.3) is 0 Å². The van der Waals surface area contributed by atoms with Crippen LogP contribution in [-0.2, 0) is 30.2 Å². The minimum absolute atomic E-state index is 0.00862. The second-order valence-corrected chi connectivity index (χ2v) is 17.4. The molecule has 54 heavy (non-hydrogen) atoms. The molecule has 0 bridgehead atoms. The number of aromatic amines is 1. The summed E-state index contributed by atoms with van der Waals surface area (Å²) < 4.78 is 35.8. The summed E-state index contributed by atoms with van der Waals surface area (Å²) in [5.41, 5.74) is -0.835. The number of aliphatic hydroxyl groups is 2. The predicted molar refractivity (Wildman–Crippen MR) is 207 cm³/mol. The maximum Gasteiger partial charge on any atom is 0.328 e. The number of H-pyrrole nitrogens is 1. The minimum atomic E-state index is -0.940. The molecule has 5 aliphatic heterocycles. The summed E-state index contributed by atoms with van der Waals surface area (Å²) in [5, 5.41) is 23.2. The molecule has 11 nitrogen and oxygen atoms in total. The van der Waals surface area contributed by atoms with Crippen molar-refractivity contribution in [1.82, 2.24) is 9.55 Å². The summed E-state index contributed by atoms with van der Waals surface area (Å²) in [4.78, 5) is 25.7. The lowest BCUT2D eigenvalue weighted by molar-refractivity contribution is -0.273. The van der Waals surface area contributed by atoms with E-state index in [1.54, 1.807) is 6.08 Å². The molecule has 1 aromatic heterocycles. The van der Waals surface area contributed by atoms with Crippen molar-refractivity contribution in [2.75, 3.05) is 0 Å². The van der Waals surface area contributed by atoms with Gasteiger partial charge in [0.05, 0.1) is 65.6 Å². The van der Waals surface area contributed by atoms with Crippen LogP contribution in [0.4, 0.5) is 0 Å². The van der Waals surface area contributed by atoms with Gasteiger partial charge in [-0.15, -0.1) is 0 Å². The molecule has 0 saturated carbocycles. The molecular weight excluding hydrogens is 688 g/mol. The minimum Gasteiger partial charge on any atom is -0.390 e. The van der Waals surface area contributed by atoms with Gasteiger partial charge in [0.2, 0.25) is 0 Å². The fraction of sp³-hybridized carbons (Fsp3) is 0.721. The van der Waals surface area contributed by atoms with Crippen LogP contribution >= 0.6 is 0 Å². The SMILES string of the molecule is C=C/C=C\CCC1OC2CCC3(C)OC4C(O)CC5(C)OC(CC/C=C(C)/C(C)=C/Cn6ccc(=O)[nH]c6=O)C(C)CC5OC4CC3OC2CCC1(C)O. The highest BCUT2D eigenvalue weighted by molar-refractivity contribution is 5.26. The Morgan fingerprint density at radius 3 is 2.41 bits per heavy atom. The molecule has 6 rings (SSSR count). The van der Waals surface area contributed by atoms with Crippen LogP contribution in [0.3, 0.4) is 0 Å². The highest BCUT2D eigenvalue weighted by Gasteiger charge is 2.58. The average molecular weight is 753 g/mol. The number of fused-ring (bicyclic) bond motifs is 4. The van der Waals surface area contributed by atoms with Crippen molar-refractivity contribution in [3.8, 4) is 0 Å². The number of hydrogen-bond acceptors (Lipinski definition) is 9. The molecule has 0 aliphatic carbocycles. The summed E-state index contributed by atoms with van der Waals surface area (Å²) in [6, 6.07) is 1.35. The quantitative estimate of drug-likeness (QED) is 0.252. The third kappa shape index (κ3) is 9.14. The number of aromatic nitrogens is 2. The van der Waals surface area contributed by atoms with Crippen LogP contribution in [0.1, 0.15) is 112 Å². The average Bonchev–Trinajstić information content (AvgIpc) is 3.37. The Labute approximate surface area is 320 Å². The van der Waals surface area contributed by atoms with Gasteiger partial charge in [-0.3, -0.25) is 14.3 Å². The van der Waals surface area contributed by atoms with Crippen LogP contribution in [0, 0.1) is 5.92 Å². The van der Waals surface area contributed by atoms with E-state index in [-0.39, 0.29) is 48.6 Å². The highest BCUT2D eigenvalue weighted by atomic mass is 16.6. The van der Waals surface area contributed by atoms with Gasteiger partial charge in [-0.05, 0) is 98.3 Å². The molecule has 0 spiro atoms. The maximum atomic E-state index is 12.0. The molecular formula is C43H64N2O9. The predicted octanol–water partition coefficient (Wildman–Crippen LogP) is 5.83. The van der Waals surface area contributed by atoms with E-state index in [1.165, 1.54) is 16.8 Å². The second kappa shape index (κ2) is 16.8. The van der Waals surface area contributed by atoms with Gasteiger partial charge in [0.25, 0.3) is 5.56 Å². The van der Waals surface area contributed by atoms with Crippen molar-refractivity contribution in [1.29, 1.82) is 0 Å². The number of ether oxygens (including phenoxy) is 5. The van der Waals surface area contributed by atoms with Gasteiger partial charge in [0.15, 0.2) is 0 Å². The van der Waals surface area contributed by atoms with Crippen molar-refractivity contribution < 1.29 is 33.9 Å². The van der Waals surface area contributed by atoms with Crippen LogP contribution in [0.15, 0.2) is 70.0 Å². The number of aliphatic hydroxyl groups excluding tert-OH is 1. The number of nitrogens with zero attached hydrogens (tertiary/aromatic N) is 1. The molecule has 1 aromatic rings. The first-order valence-electron chi connectivity index (χ1n) is 20.2. The fourth-order valence-corrected chi connectivity index (χ4v) is 9.38. The topological polar surface area (TPSA) is 141 Å². The number of allylic oxidation sites excluding steroid dienone is 7. The molecule has 300 valence electrons. The smallest absolute Gasteiger partial charge is 0.328 e. The van der Waals surface area contributed by atoms with Crippen LogP contribution < -0.4 is 11.2 Å². The van der Waals surface area contributed by atoms with Crippen LogP contribution in [0.5, 0.6) is 0 Å². The van der Waals surface area contributed by atoms with Crippen LogP contribution in [0.2, 0.25) is 0 Å². The number of hydrogen-bond donors (Lipinski definition) is 3. The lowest BCUT2D eigenvalue weighted by Crippen LogP contribution is -2.59. The maximum absolute atomic E-state index is 12.0. The standard InChI is InChI=1S/C43H64N2O9/c1-8-9-10-11-15-35-41(5,49)20-16-32-33(50-35)17-21-42(6)37(51-32)25-34-39(54-42)30(46)26-43(7)36(52-34)24-29(4)31(53-43)14-12-13-27(2)28(3)18-22-45-23-19-38(47)44-40(45)48/h8-10,13,18-19,23,29-37,39,46,49H,1,11-12,14-17,20-22,24-26H2,2-7H3,(H,44,47,48)/b10-9-,27-13+,28-18+. The summed E-state index contributed by atoms with van der Waals surface area (Å²) in [5.74, 6) is 0.259. The molecule has 0 aromatic carbocycles. The molecule has 13 atom stereocenters. The lowest BCUT2D eigenvalue weighted by Gasteiger charge is -2.49. The molecule has 6 heterocycles. The van der Waals surface area contributed by atoms with Crippen LogP contribution in [-0.4, -0.2) is 91.5 Å². The fourth-order valence-electron chi connectivity index (χ4n) is 9.38. The van der Waals surface area contributed by atoms with Crippen molar-refractivity contribution in [2.45, 2.75) is 190 Å². The summed E-state index contributed by atoms with van der Waals surface area (Å²) >= 11 is 0. The normalized spacial score (nSPS) is 41.8. The Kier molecular flexibility index (Phi) is 12.8. The summed E-state index contributed by atoms with van der Waals surface area (Å²) in [6.45, 7) is 16.5. The molecule has 5 fully saturated rings. The van der Waals surface area contributed by atoms with E-state index in [0.717, 1.165) is 56.1 Å². The Hall–Kier alpha value is -2.64. The van der Waals surface area contributed by atoms with E-state index in [9.17, 15) is 19.8 Å². The second-order valence-electron chi connectivity index (χ2n) is 17.4. The first-order valence-corrected chi connectivity index (χ1v) is 20.2. The van der Waals surface area contributed by atoms with Gasteiger partial charge in [-0.2, -0.15) is 0 Å². The summed E-state index contributed by atoms with van der Waals surface area (Å²) in [7, 11) is 0. The Morgan fingerprint density at radius 1 is 0.944 bits per heavy atom. The highest BCUT2D eigenvalue weighted by Crippen LogP contribution is 2.49. The van der Waals surface area contributed by atoms with E-state index in [0.29, 0.717) is 32.2 Å². The number of rotatable bonds is 10. The van der Waals surface area contributed by atoms with Crippen molar-refractivity contribution >= 4 is 0 Å². The van der Waals surface area contributed by atoms with Gasteiger partial charge in [0, 0.05) is 31.6 Å². The first kappa shape index (κ1) is 41.0. The molecule has 3 N–H and O–H groups in total. The van der Waals surface area contributed by atoms with E-state index in [4.69, 9.17) is 23.7 Å². The van der Waals surface area contributed by atoms with Crippen molar-refractivity contribution in [3.05, 3.63) is 81.2 Å². The molecule has 13 unspecified atom stereocenters. The Balaban J connectivity index is 1.08. The van der Waals surface area contributed by atoms with E-state index >= 15 is 0 Å². The summed E-state index contributed by atoms with van der Waals surface area (Å²) in [6.07, 6.45) is 16.7.